The number of nitrogens with zero attached hydrogens (tertiary/aromatic N) is 2. The summed E-state index contributed by atoms with van der Waals surface area (Å²) in [5, 5.41) is 7.95. The van der Waals surface area contributed by atoms with Crippen LogP contribution in [0.5, 0.6) is 0 Å². The Kier molecular flexibility index (Phi) is 3.44. The standard InChI is InChI=1S/C12H13ClN4O2/c1-6(17(2)12(14)19)10-8-4-3-7(13)5-9(8)11(18)16-15-10/h3-6H,1-2H3,(H2,14,19)(H,16,18). The first-order valence-corrected chi connectivity index (χ1v) is 5.99. The van der Waals surface area contributed by atoms with E-state index in [0.717, 1.165) is 0 Å². The van der Waals surface area contributed by atoms with E-state index in [4.69, 9.17) is 17.3 Å². The SMILES string of the molecule is CC(c1n[nH]c(=O)c2cc(Cl)ccc12)N(C)C(N)=O. The molecule has 100 valence electrons. The molecule has 0 fully saturated rings. The van der Waals surface area contributed by atoms with Crippen molar-refractivity contribution >= 4 is 28.4 Å². The number of aromatic nitrogens is 2. The molecule has 1 aromatic heterocycles. The van der Waals surface area contributed by atoms with Crippen molar-refractivity contribution in [2.75, 3.05) is 7.05 Å². The van der Waals surface area contributed by atoms with Gasteiger partial charge in [-0.05, 0) is 19.1 Å². The quantitative estimate of drug-likeness (QED) is 0.876. The zero-order chi connectivity index (χ0) is 14.2. The number of benzene rings is 1. The Labute approximate surface area is 114 Å². The Morgan fingerprint density at radius 2 is 2.16 bits per heavy atom. The zero-order valence-electron chi connectivity index (χ0n) is 10.5. The molecule has 1 heterocycles. The van der Waals surface area contributed by atoms with Crippen LogP contribution in [0.1, 0.15) is 18.7 Å². The highest BCUT2D eigenvalue weighted by molar-refractivity contribution is 6.31. The number of primary amides is 1. The number of nitrogens with two attached hydrogens (primary N) is 1. The van der Waals surface area contributed by atoms with E-state index in [2.05, 4.69) is 10.2 Å². The van der Waals surface area contributed by atoms with Crippen LogP contribution in [-0.4, -0.2) is 28.2 Å². The molecule has 1 aromatic carbocycles. The van der Waals surface area contributed by atoms with Crippen LogP contribution in [0.25, 0.3) is 10.8 Å². The summed E-state index contributed by atoms with van der Waals surface area (Å²) in [7, 11) is 1.57. The first-order valence-electron chi connectivity index (χ1n) is 5.62. The third kappa shape index (κ3) is 2.39. The van der Waals surface area contributed by atoms with Gasteiger partial charge in [-0.15, -0.1) is 0 Å². The van der Waals surface area contributed by atoms with Gasteiger partial charge in [-0.25, -0.2) is 9.89 Å². The molecule has 0 radical (unpaired) electrons. The Hall–Kier alpha value is -2.08. The number of urea groups is 1. The average Bonchev–Trinajstić information content (AvgIpc) is 2.38. The third-order valence-corrected chi connectivity index (χ3v) is 3.34. The Balaban J connectivity index is 2.65. The van der Waals surface area contributed by atoms with Gasteiger partial charge in [0.2, 0.25) is 0 Å². The highest BCUT2D eigenvalue weighted by Crippen LogP contribution is 2.24. The van der Waals surface area contributed by atoms with Crippen LogP contribution in [0.4, 0.5) is 4.79 Å². The molecular weight excluding hydrogens is 268 g/mol. The van der Waals surface area contributed by atoms with Crippen molar-refractivity contribution in [2.45, 2.75) is 13.0 Å². The van der Waals surface area contributed by atoms with Crippen LogP contribution < -0.4 is 11.3 Å². The number of hydrogen-bond acceptors (Lipinski definition) is 3. The monoisotopic (exact) mass is 280 g/mol. The zero-order valence-corrected chi connectivity index (χ0v) is 11.2. The molecule has 0 aliphatic rings. The van der Waals surface area contributed by atoms with Crippen LogP contribution in [0.2, 0.25) is 5.02 Å². The lowest BCUT2D eigenvalue weighted by Crippen LogP contribution is -2.35. The highest BCUT2D eigenvalue weighted by atomic mass is 35.5. The number of halogens is 1. The minimum atomic E-state index is -0.567. The van der Waals surface area contributed by atoms with Crippen molar-refractivity contribution < 1.29 is 4.79 Å². The Morgan fingerprint density at radius 3 is 2.79 bits per heavy atom. The lowest BCUT2D eigenvalue weighted by molar-refractivity contribution is 0.203. The van der Waals surface area contributed by atoms with Gasteiger partial charge >= 0.3 is 6.03 Å². The number of H-pyrrole nitrogens is 1. The summed E-state index contributed by atoms with van der Waals surface area (Å²) in [6.07, 6.45) is 0. The van der Waals surface area contributed by atoms with Gasteiger partial charge in [0.25, 0.3) is 5.56 Å². The molecule has 0 saturated heterocycles. The fourth-order valence-electron chi connectivity index (χ4n) is 1.85. The summed E-state index contributed by atoms with van der Waals surface area (Å²) < 4.78 is 0. The lowest BCUT2D eigenvalue weighted by Gasteiger charge is -2.23. The van der Waals surface area contributed by atoms with Crippen molar-refractivity contribution in [1.29, 1.82) is 0 Å². The van der Waals surface area contributed by atoms with E-state index < -0.39 is 6.03 Å². The first kappa shape index (κ1) is 13.4. The van der Waals surface area contributed by atoms with E-state index in [1.54, 1.807) is 32.2 Å². The van der Waals surface area contributed by atoms with Gasteiger partial charge in [-0.2, -0.15) is 5.10 Å². The van der Waals surface area contributed by atoms with Gasteiger partial charge in [0.1, 0.15) is 0 Å². The van der Waals surface area contributed by atoms with E-state index in [0.29, 0.717) is 21.5 Å². The van der Waals surface area contributed by atoms with Crippen molar-refractivity contribution in [3.8, 4) is 0 Å². The topological polar surface area (TPSA) is 92.1 Å². The second kappa shape index (κ2) is 4.89. The maximum Gasteiger partial charge on any atom is 0.315 e. The van der Waals surface area contributed by atoms with Crippen LogP contribution >= 0.6 is 11.6 Å². The minimum Gasteiger partial charge on any atom is -0.351 e. The second-order valence-electron chi connectivity index (χ2n) is 4.25. The second-order valence-corrected chi connectivity index (χ2v) is 4.69. The van der Waals surface area contributed by atoms with Crippen LogP contribution in [0.15, 0.2) is 23.0 Å². The number of rotatable bonds is 2. The van der Waals surface area contributed by atoms with Crippen LogP contribution in [-0.2, 0) is 0 Å². The molecule has 1 atom stereocenters. The van der Waals surface area contributed by atoms with E-state index in [9.17, 15) is 9.59 Å². The Morgan fingerprint density at radius 1 is 1.47 bits per heavy atom. The summed E-state index contributed by atoms with van der Waals surface area (Å²) in [5.41, 5.74) is 5.48. The largest absolute Gasteiger partial charge is 0.351 e. The van der Waals surface area contributed by atoms with Crippen molar-refractivity contribution in [1.82, 2.24) is 15.1 Å². The van der Waals surface area contributed by atoms with E-state index in [-0.39, 0.29) is 11.6 Å². The van der Waals surface area contributed by atoms with Gasteiger partial charge in [0.05, 0.1) is 17.1 Å². The number of nitrogens with one attached hydrogen (secondary N) is 1. The molecule has 0 spiro atoms. The van der Waals surface area contributed by atoms with E-state index in [1.807, 2.05) is 0 Å². The molecule has 2 aromatic rings. The maximum atomic E-state index is 11.7. The highest BCUT2D eigenvalue weighted by Gasteiger charge is 2.19. The lowest BCUT2D eigenvalue weighted by atomic mass is 10.1. The van der Waals surface area contributed by atoms with E-state index >= 15 is 0 Å². The van der Waals surface area contributed by atoms with E-state index in [1.165, 1.54) is 4.90 Å². The number of amides is 2. The molecule has 0 aliphatic heterocycles. The summed E-state index contributed by atoms with van der Waals surface area (Å²) >= 11 is 5.88. The number of carbonyl (C=O) groups excluding carboxylic acids is 1. The minimum absolute atomic E-state index is 0.324. The first-order chi connectivity index (χ1) is 8.91. The van der Waals surface area contributed by atoms with Crippen molar-refractivity contribution in [2.24, 2.45) is 5.73 Å². The van der Waals surface area contributed by atoms with Gasteiger partial charge in [0.15, 0.2) is 0 Å². The van der Waals surface area contributed by atoms with Crippen LogP contribution in [0.3, 0.4) is 0 Å². The molecule has 1 unspecified atom stereocenters. The van der Waals surface area contributed by atoms with Crippen molar-refractivity contribution in [3.63, 3.8) is 0 Å². The molecule has 0 aliphatic carbocycles. The molecule has 0 bridgehead atoms. The predicted molar refractivity (Wildman–Crippen MR) is 73.1 cm³/mol. The fourth-order valence-corrected chi connectivity index (χ4v) is 2.02. The van der Waals surface area contributed by atoms with Crippen molar-refractivity contribution in [3.05, 3.63) is 39.3 Å². The van der Waals surface area contributed by atoms with Gasteiger partial charge in [-0.3, -0.25) is 4.79 Å². The molecule has 6 nitrogen and oxygen atoms in total. The normalized spacial score (nSPS) is 12.4. The molecular formula is C12H13ClN4O2. The number of fused-ring (bicyclic) bond motifs is 1. The summed E-state index contributed by atoms with van der Waals surface area (Å²) in [5.74, 6) is 0. The fraction of sp³-hybridized carbons (Fsp3) is 0.250. The Bertz CT molecular complexity index is 698. The molecule has 0 saturated carbocycles. The molecule has 19 heavy (non-hydrogen) atoms. The van der Waals surface area contributed by atoms with Crippen LogP contribution in [0, 0.1) is 0 Å². The third-order valence-electron chi connectivity index (χ3n) is 3.10. The van der Waals surface area contributed by atoms with Gasteiger partial charge < -0.3 is 10.6 Å². The summed E-state index contributed by atoms with van der Waals surface area (Å²) in [6, 6.07) is 4.02. The number of carbonyl (C=O) groups is 1. The number of aromatic amines is 1. The molecule has 3 N–H and O–H groups in total. The average molecular weight is 281 g/mol. The predicted octanol–water partition coefficient (Wildman–Crippen LogP) is 1.65. The summed E-state index contributed by atoms with van der Waals surface area (Å²) in [6.45, 7) is 1.78. The molecule has 7 heteroatoms. The van der Waals surface area contributed by atoms with Gasteiger partial charge in [-0.1, -0.05) is 17.7 Å². The van der Waals surface area contributed by atoms with Gasteiger partial charge in [0, 0.05) is 17.5 Å². The summed E-state index contributed by atoms with van der Waals surface area (Å²) in [4.78, 5) is 24.3. The molecule has 2 rings (SSSR count). The molecule has 2 amide bonds. The maximum absolute atomic E-state index is 11.7. The number of hydrogen-bond donors (Lipinski definition) is 2. The smallest absolute Gasteiger partial charge is 0.315 e.